The predicted octanol–water partition coefficient (Wildman–Crippen LogP) is 3.80. The van der Waals surface area contributed by atoms with E-state index < -0.39 is 17.8 Å². The number of aromatic hydroxyl groups is 1. The predicted molar refractivity (Wildman–Crippen MR) is 109 cm³/mol. The summed E-state index contributed by atoms with van der Waals surface area (Å²) < 4.78 is 41.5. The van der Waals surface area contributed by atoms with Gasteiger partial charge in [0.05, 0.1) is 16.5 Å². The average molecular weight is 440 g/mol. The Bertz CT molecular complexity index is 1020. The molecule has 6 nitrogen and oxygen atoms in total. The molecule has 0 amide bonds. The number of alkyl halides is 3. The summed E-state index contributed by atoms with van der Waals surface area (Å²) in [4.78, 5) is 9.96. The molecule has 1 atom stereocenters. The Balaban J connectivity index is 1.79. The molecule has 0 saturated carbocycles. The van der Waals surface area contributed by atoms with Crippen molar-refractivity contribution in [3.8, 4) is 5.88 Å². The molecule has 10 heteroatoms. The fourth-order valence-electron chi connectivity index (χ4n) is 3.87. The van der Waals surface area contributed by atoms with Crippen molar-refractivity contribution in [2.24, 2.45) is 0 Å². The number of aromatic nitrogens is 3. The van der Waals surface area contributed by atoms with Crippen molar-refractivity contribution in [2.45, 2.75) is 32.5 Å². The molecule has 3 aromatic rings. The maximum Gasteiger partial charge on any atom is 0.416 e. The summed E-state index contributed by atoms with van der Waals surface area (Å²) in [7, 11) is 0. The standard InChI is InChI=1S/C20H24F3N5OS/c1-3-15-24-19-28(25-15)18(29)17(30-19)16(27-10-8-26(4-2)9-11-27)13-6-5-7-14(12-13)20(21,22)23/h5-7,12,16,29H,3-4,8-11H2,1-2H3. The molecular formula is C20H24F3N5OS. The van der Waals surface area contributed by atoms with Crippen molar-refractivity contribution in [2.75, 3.05) is 32.7 Å². The number of hydrogen-bond donors (Lipinski definition) is 1. The fourth-order valence-corrected chi connectivity index (χ4v) is 5.01. The fraction of sp³-hybridized carbons (Fsp3) is 0.500. The van der Waals surface area contributed by atoms with Crippen LogP contribution >= 0.6 is 11.3 Å². The third-order valence-electron chi connectivity index (χ3n) is 5.56. The summed E-state index contributed by atoms with van der Waals surface area (Å²) in [6, 6.07) is 4.88. The Morgan fingerprint density at radius 3 is 2.50 bits per heavy atom. The number of nitrogens with zero attached hydrogens (tertiary/aromatic N) is 5. The molecule has 3 heterocycles. The van der Waals surface area contributed by atoms with E-state index in [2.05, 4.69) is 26.8 Å². The molecule has 162 valence electrons. The Labute approximate surface area is 176 Å². The van der Waals surface area contributed by atoms with Crippen LogP contribution in [0.2, 0.25) is 0 Å². The van der Waals surface area contributed by atoms with Gasteiger partial charge in [-0.15, -0.1) is 5.10 Å². The van der Waals surface area contributed by atoms with Crippen LogP contribution in [0.15, 0.2) is 24.3 Å². The van der Waals surface area contributed by atoms with E-state index in [0.29, 0.717) is 40.7 Å². The number of likely N-dealkylation sites (N-methyl/N-ethyl adjacent to an activating group) is 1. The summed E-state index contributed by atoms with van der Waals surface area (Å²) >= 11 is 1.28. The lowest BCUT2D eigenvalue weighted by Crippen LogP contribution is -2.47. The van der Waals surface area contributed by atoms with E-state index in [9.17, 15) is 18.3 Å². The van der Waals surface area contributed by atoms with Gasteiger partial charge in [-0.1, -0.05) is 37.3 Å². The second kappa shape index (κ2) is 8.16. The Morgan fingerprint density at radius 1 is 1.17 bits per heavy atom. The highest BCUT2D eigenvalue weighted by Crippen LogP contribution is 2.41. The number of thiazole rings is 1. The maximum absolute atomic E-state index is 13.4. The zero-order valence-electron chi connectivity index (χ0n) is 16.9. The van der Waals surface area contributed by atoms with Crippen molar-refractivity contribution < 1.29 is 18.3 Å². The second-order valence-electron chi connectivity index (χ2n) is 7.36. The molecule has 1 aromatic carbocycles. The monoisotopic (exact) mass is 439 g/mol. The Kier molecular flexibility index (Phi) is 5.73. The summed E-state index contributed by atoms with van der Waals surface area (Å²) in [6.07, 6.45) is -3.79. The first-order valence-corrected chi connectivity index (χ1v) is 10.8. The van der Waals surface area contributed by atoms with Crippen LogP contribution in [0.25, 0.3) is 4.96 Å². The molecule has 30 heavy (non-hydrogen) atoms. The first-order chi connectivity index (χ1) is 14.3. The highest BCUT2D eigenvalue weighted by atomic mass is 32.1. The van der Waals surface area contributed by atoms with Crippen LogP contribution in [0.5, 0.6) is 5.88 Å². The second-order valence-corrected chi connectivity index (χ2v) is 8.37. The summed E-state index contributed by atoms with van der Waals surface area (Å²) in [5, 5.41) is 15.2. The zero-order valence-corrected chi connectivity index (χ0v) is 17.7. The van der Waals surface area contributed by atoms with Gasteiger partial charge >= 0.3 is 6.18 Å². The van der Waals surface area contributed by atoms with Gasteiger partial charge in [-0.2, -0.15) is 17.7 Å². The molecule has 0 aliphatic carbocycles. The minimum atomic E-state index is -4.43. The van der Waals surface area contributed by atoms with E-state index in [4.69, 9.17) is 0 Å². The SMILES string of the molecule is CCc1nc2sc(C(c3cccc(C(F)(F)F)c3)N3CCN(CC)CC3)c(O)n2n1. The number of aryl methyl sites for hydroxylation is 1. The molecule has 1 unspecified atom stereocenters. The van der Waals surface area contributed by atoms with Crippen molar-refractivity contribution in [1.29, 1.82) is 0 Å². The Hall–Kier alpha value is -2.17. The molecule has 1 N–H and O–H groups in total. The van der Waals surface area contributed by atoms with Crippen LogP contribution in [0.3, 0.4) is 0 Å². The quantitative estimate of drug-likeness (QED) is 0.655. The molecule has 1 aliphatic rings. The van der Waals surface area contributed by atoms with E-state index in [0.717, 1.165) is 25.7 Å². The van der Waals surface area contributed by atoms with E-state index >= 15 is 0 Å². The third kappa shape index (κ3) is 3.91. The molecule has 0 spiro atoms. The smallest absolute Gasteiger partial charge is 0.416 e. The topological polar surface area (TPSA) is 56.9 Å². The van der Waals surface area contributed by atoms with Crippen LogP contribution in [-0.2, 0) is 12.6 Å². The van der Waals surface area contributed by atoms with Gasteiger partial charge < -0.3 is 10.0 Å². The van der Waals surface area contributed by atoms with E-state index in [1.54, 1.807) is 6.07 Å². The highest BCUT2D eigenvalue weighted by molar-refractivity contribution is 7.17. The maximum atomic E-state index is 13.4. The number of benzene rings is 1. The highest BCUT2D eigenvalue weighted by Gasteiger charge is 2.35. The summed E-state index contributed by atoms with van der Waals surface area (Å²) in [6.45, 7) is 8.00. The van der Waals surface area contributed by atoms with Gasteiger partial charge in [0.1, 0.15) is 0 Å². The zero-order chi connectivity index (χ0) is 21.5. The van der Waals surface area contributed by atoms with Crippen LogP contribution in [0.4, 0.5) is 13.2 Å². The first-order valence-electron chi connectivity index (χ1n) is 10.0. The minimum Gasteiger partial charge on any atom is -0.492 e. The summed E-state index contributed by atoms with van der Waals surface area (Å²) in [5.41, 5.74) is -0.185. The van der Waals surface area contributed by atoms with Crippen LogP contribution in [0, 0.1) is 0 Å². The first kappa shape index (κ1) is 21.1. The largest absolute Gasteiger partial charge is 0.492 e. The molecular weight excluding hydrogens is 415 g/mol. The number of rotatable bonds is 5. The van der Waals surface area contributed by atoms with Crippen LogP contribution in [-0.4, -0.2) is 62.2 Å². The molecule has 4 rings (SSSR count). The van der Waals surface area contributed by atoms with Gasteiger partial charge in [0.25, 0.3) is 0 Å². The summed E-state index contributed by atoms with van der Waals surface area (Å²) in [5.74, 6) is 0.567. The lowest BCUT2D eigenvalue weighted by Gasteiger charge is -2.38. The van der Waals surface area contributed by atoms with Crippen LogP contribution < -0.4 is 0 Å². The minimum absolute atomic E-state index is 0.0532. The molecule has 1 saturated heterocycles. The number of halogens is 3. The van der Waals surface area contributed by atoms with Crippen LogP contribution in [0.1, 0.15) is 41.7 Å². The van der Waals surface area contributed by atoms with Gasteiger partial charge in [0.15, 0.2) is 5.82 Å². The van der Waals surface area contributed by atoms with Crippen molar-refractivity contribution in [1.82, 2.24) is 24.4 Å². The van der Waals surface area contributed by atoms with E-state index in [-0.39, 0.29) is 5.88 Å². The third-order valence-corrected chi connectivity index (χ3v) is 6.63. The van der Waals surface area contributed by atoms with Gasteiger partial charge in [-0.25, -0.2) is 4.98 Å². The average Bonchev–Trinajstić information content (AvgIpc) is 3.28. The normalized spacial score (nSPS) is 17.6. The molecule has 0 bridgehead atoms. The van der Waals surface area contributed by atoms with Gasteiger partial charge in [-0.3, -0.25) is 4.90 Å². The number of hydrogen-bond acceptors (Lipinski definition) is 6. The Morgan fingerprint density at radius 2 is 1.90 bits per heavy atom. The van der Waals surface area contributed by atoms with Crippen molar-refractivity contribution in [3.05, 3.63) is 46.1 Å². The van der Waals surface area contributed by atoms with Crippen molar-refractivity contribution in [3.63, 3.8) is 0 Å². The van der Waals surface area contributed by atoms with E-state index in [1.165, 1.54) is 28.0 Å². The molecule has 2 aromatic heterocycles. The molecule has 1 aliphatic heterocycles. The lowest BCUT2D eigenvalue weighted by atomic mass is 10.00. The lowest BCUT2D eigenvalue weighted by molar-refractivity contribution is -0.137. The number of piperazine rings is 1. The van der Waals surface area contributed by atoms with Gasteiger partial charge in [0, 0.05) is 32.6 Å². The number of fused-ring (bicyclic) bond motifs is 1. The van der Waals surface area contributed by atoms with Gasteiger partial charge in [-0.05, 0) is 24.2 Å². The molecule has 1 fully saturated rings. The van der Waals surface area contributed by atoms with Crippen molar-refractivity contribution >= 4 is 16.3 Å². The van der Waals surface area contributed by atoms with E-state index in [1.807, 2.05) is 6.92 Å². The van der Waals surface area contributed by atoms with Gasteiger partial charge in [0.2, 0.25) is 10.8 Å². The molecule has 0 radical (unpaired) electrons.